The van der Waals surface area contributed by atoms with Gasteiger partial charge in [-0.1, -0.05) is 60.7 Å². The molecule has 2 aromatic rings. The summed E-state index contributed by atoms with van der Waals surface area (Å²) >= 11 is 16.5. The molecule has 1 amide bonds. The van der Waals surface area contributed by atoms with E-state index >= 15 is 0 Å². The largest absolute Gasteiger partial charge is 0.490 e. The summed E-state index contributed by atoms with van der Waals surface area (Å²) in [6.45, 7) is 5.36. The predicted molar refractivity (Wildman–Crippen MR) is 131 cm³/mol. The van der Waals surface area contributed by atoms with Gasteiger partial charge in [-0.25, -0.2) is 0 Å². The number of hydrogen-bond donors (Lipinski definition) is 0. The van der Waals surface area contributed by atoms with Gasteiger partial charge in [0.05, 0.1) is 16.0 Å². The minimum atomic E-state index is -0.0556. The second-order valence-electron chi connectivity index (χ2n) is 6.48. The Morgan fingerprint density at radius 2 is 2.00 bits per heavy atom. The van der Waals surface area contributed by atoms with Crippen LogP contribution in [0.25, 0.3) is 6.08 Å². The Balaban J connectivity index is 1.87. The molecule has 3 rings (SSSR count). The summed E-state index contributed by atoms with van der Waals surface area (Å²) in [7, 11) is 0. The topological polar surface area (TPSA) is 38.8 Å². The molecule has 1 aliphatic rings. The molecule has 0 aliphatic carbocycles. The number of nitrogens with zero attached hydrogens (tertiary/aromatic N) is 1. The van der Waals surface area contributed by atoms with Gasteiger partial charge in [-0.3, -0.25) is 9.69 Å². The van der Waals surface area contributed by atoms with Gasteiger partial charge in [0.25, 0.3) is 5.91 Å². The lowest BCUT2D eigenvalue weighted by atomic mass is 10.1. The normalized spacial score (nSPS) is 15.2. The third-order valence-corrected chi connectivity index (χ3v) is 6.62. The van der Waals surface area contributed by atoms with E-state index in [1.54, 1.807) is 4.90 Å². The number of carbonyl (C=O) groups excluding carboxylic acids is 1. The summed E-state index contributed by atoms with van der Waals surface area (Å²) in [6.07, 6.45) is 2.69. The van der Waals surface area contributed by atoms with E-state index in [1.807, 2.05) is 56.3 Å². The highest BCUT2D eigenvalue weighted by Gasteiger charge is 2.31. The number of hydrogen-bond acceptors (Lipinski definition) is 5. The molecule has 1 fully saturated rings. The smallest absolute Gasteiger partial charge is 0.266 e. The van der Waals surface area contributed by atoms with E-state index in [0.717, 1.165) is 22.0 Å². The highest BCUT2D eigenvalue weighted by molar-refractivity contribution is 9.10. The number of rotatable bonds is 8. The van der Waals surface area contributed by atoms with Crippen molar-refractivity contribution in [2.75, 3.05) is 13.2 Å². The van der Waals surface area contributed by atoms with E-state index in [2.05, 4.69) is 15.9 Å². The van der Waals surface area contributed by atoms with Gasteiger partial charge in [0.2, 0.25) is 0 Å². The van der Waals surface area contributed by atoms with Gasteiger partial charge in [0.15, 0.2) is 11.5 Å². The number of halogens is 2. The van der Waals surface area contributed by atoms with Gasteiger partial charge in [0, 0.05) is 17.1 Å². The standard InChI is InChI=1S/C22H21BrClNO3S2/c1-3-9-25-21(26)19(30-22(25)29)12-14-10-16(23)20(18(11-14)27-4-2)28-13-15-7-5-6-8-17(15)24/h5-8,10-12H,3-4,9,13H2,1-2H3/b19-12-. The molecule has 0 aromatic heterocycles. The first-order valence-corrected chi connectivity index (χ1v) is 11.9. The number of amides is 1. The van der Waals surface area contributed by atoms with Gasteiger partial charge >= 0.3 is 0 Å². The van der Waals surface area contributed by atoms with Crippen molar-refractivity contribution < 1.29 is 14.3 Å². The first kappa shape index (κ1) is 23.1. The van der Waals surface area contributed by atoms with E-state index in [4.69, 9.17) is 33.3 Å². The molecule has 0 spiro atoms. The van der Waals surface area contributed by atoms with Crippen LogP contribution in [0.15, 0.2) is 45.8 Å². The number of benzene rings is 2. The van der Waals surface area contributed by atoms with Crippen molar-refractivity contribution >= 4 is 67.8 Å². The third-order valence-electron chi connectivity index (χ3n) is 4.28. The second kappa shape index (κ2) is 10.7. The van der Waals surface area contributed by atoms with Crippen LogP contribution in [0.1, 0.15) is 31.4 Å². The molecule has 0 radical (unpaired) electrons. The van der Waals surface area contributed by atoms with Crippen LogP contribution in [-0.4, -0.2) is 28.3 Å². The van der Waals surface area contributed by atoms with Gasteiger partial charge < -0.3 is 9.47 Å². The van der Waals surface area contributed by atoms with Crippen molar-refractivity contribution in [1.29, 1.82) is 0 Å². The number of thioether (sulfide) groups is 1. The predicted octanol–water partition coefficient (Wildman–Crippen LogP) is 6.69. The van der Waals surface area contributed by atoms with E-state index in [9.17, 15) is 4.79 Å². The van der Waals surface area contributed by atoms with Crippen molar-refractivity contribution in [1.82, 2.24) is 4.90 Å². The van der Waals surface area contributed by atoms with E-state index in [-0.39, 0.29) is 5.91 Å². The van der Waals surface area contributed by atoms with Crippen LogP contribution in [0, 0.1) is 0 Å². The van der Waals surface area contributed by atoms with Gasteiger partial charge in [-0.15, -0.1) is 0 Å². The lowest BCUT2D eigenvalue weighted by Gasteiger charge is -2.15. The maximum absolute atomic E-state index is 12.6. The lowest BCUT2D eigenvalue weighted by molar-refractivity contribution is -0.122. The van der Waals surface area contributed by atoms with Crippen LogP contribution >= 0.6 is 51.5 Å². The second-order valence-corrected chi connectivity index (χ2v) is 9.41. The lowest BCUT2D eigenvalue weighted by Crippen LogP contribution is -2.28. The molecular weight excluding hydrogens is 506 g/mol. The average Bonchev–Trinajstić information content (AvgIpc) is 2.96. The summed E-state index contributed by atoms with van der Waals surface area (Å²) in [5.41, 5.74) is 1.71. The molecule has 30 heavy (non-hydrogen) atoms. The molecule has 1 heterocycles. The Kier molecular flexibility index (Phi) is 8.22. The summed E-state index contributed by atoms with van der Waals surface area (Å²) in [5.74, 6) is 1.13. The summed E-state index contributed by atoms with van der Waals surface area (Å²) in [6, 6.07) is 11.3. The van der Waals surface area contributed by atoms with Crippen molar-refractivity contribution in [3.8, 4) is 11.5 Å². The zero-order valence-corrected chi connectivity index (χ0v) is 20.6. The number of carbonyl (C=O) groups is 1. The van der Waals surface area contributed by atoms with Gasteiger partial charge in [0.1, 0.15) is 10.9 Å². The quantitative estimate of drug-likeness (QED) is 0.283. The Morgan fingerprint density at radius 3 is 2.70 bits per heavy atom. The van der Waals surface area contributed by atoms with Crippen molar-refractivity contribution in [3.63, 3.8) is 0 Å². The minimum absolute atomic E-state index is 0.0556. The molecule has 1 aliphatic heterocycles. The number of thiocarbonyl (C=S) groups is 1. The Hall–Kier alpha value is -1.54. The maximum Gasteiger partial charge on any atom is 0.266 e. The summed E-state index contributed by atoms with van der Waals surface area (Å²) in [4.78, 5) is 14.9. The van der Waals surface area contributed by atoms with E-state index in [1.165, 1.54) is 11.8 Å². The monoisotopic (exact) mass is 525 g/mol. The first-order chi connectivity index (χ1) is 14.4. The molecule has 0 N–H and O–H groups in total. The highest BCUT2D eigenvalue weighted by atomic mass is 79.9. The van der Waals surface area contributed by atoms with E-state index < -0.39 is 0 Å². The summed E-state index contributed by atoms with van der Waals surface area (Å²) < 4.78 is 13.2. The van der Waals surface area contributed by atoms with Crippen LogP contribution in [0.3, 0.4) is 0 Å². The highest BCUT2D eigenvalue weighted by Crippen LogP contribution is 2.40. The molecular formula is C22H21BrClNO3S2. The molecule has 0 unspecified atom stereocenters. The average molecular weight is 527 g/mol. The van der Waals surface area contributed by atoms with Crippen LogP contribution < -0.4 is 9.47 Å². The molecule has 2 aromatic carbocycles. The SMILES string of the molecule is CCCN1C(=O)/C(=C/c2cc(Br)c(OCc3ccccc3Cl)c(OCC)c2)SC1=S. The zero-order chi connectivity index (χ0) is 21.7. The van der Waals surface area contributed by atoms with Crippen molar-refractivity contribution in [2.45, 2.75) is 26.9 Å². The molecule has 158 valence electrons. The van der Waals surface area contributed by atoms with Crippen molar-refractivity contribution in [3.05, 3.63) is 61.9 Å². The fraction of sp³-hybridized carbons (Fsp3) is 0.273. The first-order valence-electron chi connectivity index (χ1n) is 9.52. The van der Waals surface area contributed by atoms with Crippen molar-refractivity contribution in [2.24, 2.45) is 0 Å². The van der Waals surface area contributed by atoms with Crippen LogP contribution in [0.5, 0.6) is 11.5 Å². The van der Waals surface area contributed by atoms with Crippen LogP contribution in [-0.2, 0) is 11.4 Å². The Bertz CT molecular complexity index is 996. The maximum atomic E-state index is 12.6. The molecule has 8 heteroatoms. The fourth-order valence-corrected chi connectivity index (χ4v) is 4.98. The molecule has 0 bridgehead atoms. The van der Waals surface area contributed by atoms with Crippen LogP contribution in [0.2, 0.25) is 5.02 Å². The molecule has 0 saturated carbocycles. The Labute approximate surface area is 199 Å². The Morgan fingerprint density at radius 1 is 1.23 bits per heavy atom. The van der Waals surface area contributed by atoms with Gasteiger partial charge in [-0.05, 0) is 59.1 Å². The zero-order valence-electron chi connectivity index (χ0n) is 16.6. The van der Waals surface area contributed by atoms with Crippen LogP contribution in [0.4, 0.5) is 0 Å². The molecule has 4 nitrogen and oxygen atoms in total. The van der Waals surface area contributed by atoms with E-state index in [0.29, 0.717) is 45.5 Å². The molecule has 0 atom stereocenters. The minimum Gasteiger partial charge on any atom is -0.490 e. The fourth-order valence-electron chi connectivity index (χ4n) is 2.91. The summed E-state index contributed by atoms with van der Waals surface area (Å²) in [5, 5.41) is 0.650. The van der Waals surface area contributed by atoms with Gasteiger partial charge in [-0.2, -0.15) is 0 Å². The number of ether oxygens (including phenoxy) is 2. The third kappa shape index (κ3) is 5.38. The molecule has 1 saturated heterocycles.